The van der Waals surface area contributed by atoms with Crippen molar-refractivity contribution in [3.05, 3.63) is 58.9 Å². The summed E-state index contributed by atoms with van der Waals surface area (Å²) in [5.74, 6) is -0.599. The Hall–Kier alpha value is -2.86. The first-order valence-electron chi connectivity index (χ1n) is 7.48. The van der Waals surface area contributed by atoms with Gasteiger partial charge in [0.25, 0.3) is 5.91 Å². The van der Waals surface area contributed by atoms with Crippen LogP contribution in [0.2, 0.25) is 5.02 Å². The third-order valence-corrected chi connectivity index (χ3v) is 3.84. The van der Waals surface area contributed by atoms with E-state index in [1.807, 2.05) is 0 Å². The largest absolute Gasteiger partial charge is 0.479 e. The Bertz CT molecular complexity index is 883. The number of halogens is 2. The van der Waals surface area contributed by atoms with Gasteiger partial charge in [-0.1, -0.05) is 17.7 Å². The second kappa shape index (κ2) is 6.94. The minimum atomic E-state index is -0.557. The second-order valence-corrected chi connectivity index (χ2v) is 5.86. The monoisotopic (exact) mass is 360 g/mol. The van der Waals surface area contributed by atoms with Crippen molar-refractivity contribution in [2.45, 2.75) is 13.0 Å². The topological polar surface area (TPSA) is 67.4 Å². The van der Waals surface area contributed by atoms with Gasteiger partial charge >= 0.3 is 0 Å². The van der Waals surface area contributed by atoms with E-state index in [1.165, 1.54) is 30.4 Å². The fourth-order valence-corrected chi connectivity index (χ4v) is 2.45. The summed E-state index contributed by atoms with van der Waals surface area (Å²) in [4.78, 5) is 23.6. The Labute approximate surface area is 148 Å². The molecule has 7 heteroatoms. The van der Waals surface area contributed by atoms with Crippen LogP contribution in [0.3, 0.4) is 0 Å². The zero-order valence-corrected chi connectivity index (χ0v) is 13.9. The quantitative estimate of drug-likeness (QED) is 0.817. The predicted molar refractivity (Wildman–Crippen MR) is 94.2 cm³/mol. The molecule has 25 heavy (non-hydrogen) atoms. The van der Waals surface area contributed by atoms with Crippen LogP contribution < -0.4 is 15.4 Å². The van der Waals surface area contributed by atoms with Gasteiger partial charge in [0.1, 0.15) is 11.6 Å². The van der Waals surface area contributed by atoms with Crippen LogP contribution in [0.15, 0.2) is 42.5 Å². The van der Waals surface area contributed by atoms with Gasteiger partial charge in [-0.05, 0) is 48.9 Å². The van der Waals surface area contributed by atoms with Crippen LogP contribution in [0, 0.1) is 5.82 Å². The Kier molecular flexibility index (Phi) is 4.72. The maximum atomic E-state index is 13.1. The van der Waals surface area contributed by atoms with E-state index in [0.29, 0.717) is 22.7 Å². The SMILES string of the molecule is C[C@@H]1Oc2ccc(NC(=O)/C=C/c3ccc(F)c(Cl)c3)cc2NC1=O. The first-order valence-corrected chi connectivity index (χ1v) is 7.86. The number of fused-ring (bicyclic) bond motifs is 1. The third kappa shape index (κ3) is 3.97. The number of carbonyl (C=O) groups excluding carboxylic acids is 2. The standard InChI is InChI=1S/C18H14ClFN2O3/c1-10-18(24)22-15-9-12(4-6-16(15)25-10)21-17(23)7-3-11-2-5-14(20)13(19)8-11/h2-10H,1H3,(H,21,23)(H,22,24)/b7-3+/t10-/m0/s1. The number of rotatable bonds is 3. The number of hydrogen-bond donors (Lipinski definition) is 2. The molecule has 0 radical (unpaired) electrons. The van der Waals surface area contributed by atoms with Crippen molar-refractivity contribution in [3.8, 4) is 5.75 Å². The van der Waals surface area contributed by atoms with Crippen LogP contribution in [0.4, 0.5) is 15.8 Å². The molecule has 2 N–H and O–H groups in total. The van der Waals surface area contributed by atoms with E-state index in [4.69, 9.17) is 16.3 Å². The first-order chi connectivity index (χ1) is 11.9. The molecule has 2 aromatic carbocycles. The highest BCUT2D eigenvalue weighted by molar-refractivity contribution is 6.30. The van der Waals surface area contributed by atoms with Crippen LogP contribution in [-0.2, 0) is 9.59 Å². The molecule has 0 aliphatic carbocycles. The van der Waals surface area contributed by atoms with Crippen LogP contribution >= 0.6 is 11.6 Å². The van der Waals surface area contributed by atoms with Crippen molar-refractivity contribution in [2.24, 2.45) is 0 Å². The van der Waals surface area contributed by atoms with Gasteiger partial charge in [0, 0.05) is 11.8 Å². The second-order valence-electron chi connectivity index (χ2n) is 5.46. The molecule has 1 heterocycles. The molecule has 0 unspecified atom stereocenters. The maximum Gasteiger partial charge on any atom is 0.265 e. The maximum absolute atomic E-state index is 13.1. The molecule has 1 aliphatic rings. The minimum absolute atomic E-state index is 0.0118. The molecule has 2 aromatic rings. The third-order valence-electron chi connectivity index (χ3n) is 3.55. The van der Waals surface area contributed by atoms with Gasteiger partial charge < -0.3 is 15.4 Å². The number of nitrogens with one attached hydrogen (secondary N) is 2. The lowest BCUT2D eigenvalue weighted by molar-refractivity contribution is -0.122. The summed E-state index contributed by atoms with van der Waals surface area (Å²) in [6.07, 6.45) is 2.27. The highest BCUT2D eigenvalue weighted by Gasteiger charge is 2.23. The Balaban J connectivity index is 1.69. The summed E-state index contributed by atoms with van der Waals surface area (Å²) < 4.78 is 18.5. The van der Waals surface area contributed by atoms with Gasteiger partial charge in [-0.25, -0.2) is 4.39 Å². The average molecular weight is 361 g/mol. The smallest absolute Gasteiger partial charge is 0.265 e. The van der Waals surface area contributed by atoms with Crippen LogP contribution in [0.25, 0.3) is 6.08 Å². The van der Waals surface area contributed by atoms with Crippen molar-refractivity contribution in [3.63, 3.8) is 0 Å². The summed E-state index contributed by atoms with van der Waals surface area (Å²) >= 11 is 5.69. The van der Waals surface area contributed by atoms with E-state index in [0.717, 1.165) is 0 Å². The van der Waals surface area contributed by atoms with E-state index >= 15 is 0 Å². The van der Waals surface area contributed by atoms with Gasteiger partial charge in [0.15, 0.2) is 6.10 Å². The molecule has 128 valence electrons. The molecule has 0 saturated heterocycles. The predicted octanol–water partition coefficient (Wildman–Crippen LogP) is 3.85. The van der Waals surface area contributed by atoms with Crippen molar-refractivity contribution in [1.29, 1.82) is 0 Å². The van der Waals surface area contributed by atoms with Gasteiger partial charge in [0.2, 0.25) is 5.91 Å². The van der Waals surface area contributed by atoms with E-state index in [2.05, 4.69) is 10.6 Å². The van der Waals surface area contributed by atoms with Crippen LogP contribution in [-0.4, -0.2) is 17.9 Å². The molecule has 2 amide bonds. The molecule has 0 bridgehead atoms. The summed E-state index contributed by atoms with van der Waals surface area (Å²) in [7, 11) is 0. The number of anilines is 2. The van der Waals surface area contributed by atoms with Gasteiger partial charge in [-0.3, -0.25) is 9.59 Å². The van der Waals surface area contributed by atoms with Crippen molar-refractivity contribution in [2.75, 3.05) is 10.6 Å². The van der Waals surface area contributed by atoms with Crippen molar-refractivity contribution < 1.29 is 18.7 Å². The van der Waals surface area contributed by atoms with E-state index in [-0.39, 0.29) is 16.8 Å². The molecule has 5 nitrogen and oxygen atoms in total. The van der Waals surface area contributed by atoms with Crippen molar-refractivity contribution in [1.82, 2.24) is 0 Å². The zero-order chi connectivity index (χ0) is 18.0. The Morgan fingerprint density at radius 1 is 1.32 bits per heavy atom. The molecule has 0 saturated carbocycles. The summed E-state index contributed by atoms with van der Waals surface area (Å²) in [5.41, 5.74) is 1.60. The van der Waals surface area contributed by atoms with E-state index in [9.17, 15) is 14.0 Å². The van der Waals surface area contributed by atoms with Crippen LogP contribution in [0.5, 0.6) is 5.75 Å². The highest BCUT2D eigenvalue weighted by Crippen LogP contribution is 2.32. The number of ether oxygens (including phenoxy) is 1. The molecule has 3 rings (SSSR count). The summed E-state index contributed by atoms with van der Waals surface area (Å²) in [5, 5.41) is 5.37. The molecule has 1 atom stereocenters. The fraction of sp³-hybridized carbons (Fsp3) is 0.111. The summed E-state index contributed by atoms with van der Waals surface area (Å²) in [6.45, 7) is 1.65. The number of benzene rings is 2. The van der Waals surface area contributed by atoms with Crippen molar-refractivity contribution >= 4 is 40.9 Å². The molecular weight excluding hydrogens is 347 g/mol. The highest BCUT2D eigenvalue weighted by atomic mass is 35.5. The number of carbonyl (C=O) groups is 2. The van der Waals surface area contributed by atoms with Crippen LogP contribution in [0.1, 0.15) is 12.5 Å². The lowest BCUT2D eigenvalue weighted by Crippen LogP contribution is -2.34. The molecule has 1 aliphatic heterocycles. The Morgan fingerprint density at radius 3 is 2.88 bits per heavy atom. The van der Waals surface area contributed by atoms with E-state index in [1.54, 1.807) is 25.1 Å². The zero-order valence-electron chi connectivity index (χ0n) is 13.2. The first kappa shape index (κ1) is 17.0. The molecule has 0 fully saturated rings. The average Bonchev–Trinajstić information content (AvgIpc) is 2.57. The summed E-state index contributed by atoms with van der Waals surface area (Å²) in [6, 6.07) is 9.12. The Morgan fingerprint density at radius 2 is 2.12 bits per heavy atom. The van der Waals surface area contributed by atoms with Gasteiger partial charge in [-0.2, -0.15) is 0 Å². The molecular formula is C18H14ClFN2O3. The van der Waals surface area contributed by atoms with E-state index < -0.39 is 11.9 Å². The fourth-order valence-electron chi connectivity index (χ4n) is 2.26. The number of amides is 2. The van der Waals surface area contributed by atoms with Gasteiger partial charge in [-0.15, -0.1) is 0 Å². The normalized spacial score (nSPS) is 16.1. The lowest BCUT2D eigenvalue weighted by atomic mass is 10.2. The lowest BCUT2D eigenvalue weighted by Gasteiger charge is -2.23. The minimum Gasteiger partial charge on any atom is -0.479 e. The number of hydrogen-bond acceptors (Lipinski definition) is 3. The molecule has 0 spiro atoms. The molecule has 0 aromatic heterocycles. The van der Waals surface area contributed by atoms with Gasteiger partial charge in [0.05, 0.1) is 10.7 Å².